The fourth-order valence-electron chi connectivity index (χ4n) is 2.40. The summed E-state index contributed by atoms with van der Waals surface area (Å²) in [5.74, 6) is 0.267. The van der Waals surface area contributed by atoms with Crippen LogP contribution >= 0.6 is 11.8 Å². The molecule has 24 heavy (non-hydrogen) atoms. The van der Waals surface area contributed by atoms with Crippen molar-refractivity contribution in [3.63, 3.8) is 0 Å². The number of thioether (sulfide) groups is 1. The predicted molar refractivity (Wildman–Crippen MR) is 86.6 cm³/mol. The maximum atomic E-state index is 12.4. The number of cyclic esters (lactones) is 1. The number of carbonyl (C=O) groups excluding carboxylic acids is 2. The smallest absolute Gasteiger partial charge is 0.347 e. The molecule has 3 rings (SSSR count). The number of aromatic nitrogens is 1. The van der Waals surface area contributed by atoms with Crippen LogP contribution < -0.4 is 0 Å². The molecule has 0 N–H and O–H groups in total. The van der Waals surface area contributed by atoms with Crippen LogP contribution in [-0.4, -0.2) is 29.3 Å². The van der Waals surface area contributed by atoms with Crippen LogP contribution in [0.25, 0.3) is 0 Å². The summed E-state index contributed by atoms with van der Waals surface area (Å²) in [6.07, 6.45) is -0.672. The quantitative estimate of drug-likeness (QED) is 0.607. The van der Waals surface area contributed by atoms with Crippen LogP contribution in [0, 0.1) is 6.92 Å². The number of aryl methyl sites for hydroxylation is 1. The van der Waals surface area contributed by atoms with Gasteiger partial charge in [-0.15, -0.1) is 11.8 Å². The zero-order valence-electron chi connectivity index (χ0n) is 13.4. The monoisotopic (exact) mass is 347 g/mol. The molecule has 0 radical (unpaired) electrons. The molecule has 126 valence electrons. The molecular weight excluding hydrogens is 330 g/mol. The van der Waals surface area contributed by atoms with Crippen molar-refractivity contribution in [2.75, 3.05) is 0 Å². The summed E-state index contributed by atoms with van der Waals surface area (Å²) in [4.78, 5) is 24.8. The van der Waals surface area contributed by atoms with Gasteiger partial charge in [0.1, 0.15) is 11.9 Å². The van der Waals surface area contributed by atoms with Gasteiger partial charge in [0, 0.05) is 17.4 Å². The Kier molecular flexibility index (Phi) is 4.89. The van der Waals surface area contributed by atoms with E-state index in [0.29, 0.717) is 17.7 Å². The van der Waals surface area contributed by atoms with Crippen molar-refractivity contribution in [3.05, 3.63) is 47.3 Å². The first-order valence-corrected chi connectivity index (χ1v) is 8.57. The molecule has 1 aliphatic heterocycles. The molecule has 1 aromatic heterocycles. The average Bonchev–Trinajstić information content (AvgIpc) is 3.10. The van der Waals surface area contributed by atoms with Gasteiger partial charge in [-0.1, -0.05) is 17.3 Å². The molecule has 1 fully saturated rings. The van der Waals surface area contributed by atoms with E-state index >= 15 is 0 Å². The molecule has 0 spiro atoms. The Balaban J connectivity index is 1.69. The lowest BCUT2D eigenvalue weighted by molar-refractivity contribution is -0.147. The minimum atomic E-state index is -0.831. The standard InChI is InChI=1S/C17H17NO5S/c1-10-7-12(23-18-10)9-24-15-6-4-3-5-13(15)16(19)22-14-8-11(2)21-17(14)20/h3-7,11,14H,8-9H2,1-2H3. The van der Waals surface area contributed by atoms with Crippen molar-refractivity contribution >= 4 is 23.7 Å². The van der Waals surface area contributed by atoms with Crippen molar-refractivity contribution < 1.29 is 23.6 Å². The first kappa shape index (κ1) is 16.6. The molecule has 2 aromatic rings. The fraction of sp³-hybridized carbons (Fsp3) is 0.353. The van der Waals surface area contributed by atoms with Crippen molar-refractivity contribution in [1.82, 2.24) is 5.16 Å². The topological polar surface area (TPSA) is 78.6 Å². The van der Waals surface area contributed by atoms with E-state index in [2.05, 4.69) is 5.16 Å². The van der Waals surface area contributed by atoms with Gasteiger partial charge in [0.05, 0.1) is 17.0 Å². The maximum absolute atomic E-state index is 12.4. The number of hydrogen-bond donors (Lipinski definition) is 0. The summed E-state index contributed by atoms with van der Waals surface area (Å²) < 4.78 is 15.5. The summed E-state index contributed by atoms with van der Waals surface area (Å²) >= 11 is 1.45. The number of hydrogen-bond acceptors (Lipinski definition) is 7. The lowest BCUT2D eigenvalue weighted by Crippen LogP contribution is -2.23. The first-order valence-electron chi connectivity index (χ1n) is 7.58. The minimum absolute atomic E-state index is 0.227. The lowest BCUT2D eigenvalue weighted by Gasteiger charge is -2.11. The number of rotatable bonds is 5. The number of benzene rings is 1. The third-order valence-corrected chi connectivity index (χ3v) is 4.63. The van der Waals surface area contributed by atoms with E-state index in [1.54, 1.807) is 19.1 Å². The Hall–Kier alpha value is -2.28. The van der Waals surface area contributed by atoms with E-state index in [4.69, 9.17) is 14.0 Å². The van der Waals surface area contributed by atoms with Crippen LogP contribution in [0.1, 0.15) is 35.2 Å². The van der Waals surface area contributed by atoms with Gasteiger partial charge < -0.3 is 14.0 Å². The number of ether oxygens (including phenoxy) is 2. The van der Waals surface area contributed by atoms with Crippen molar-refractivity contribution in [2.45, 2.75) is 43.1 Å². The molecule has 1 aliphatic rings. The molecule has 6 nitrogen and oxygen atoms in total. The van der Waals surface area contributed by atoms with Crippen LogP contribution in [0.15, 0.2) is 39.8 Å². The Labute approximate surface area is 143 Å². The van der Waals surface area contributed by atoms with Gasteiger partial charge in [0.2, 0.25) is 6.10 Å². The van der Waals surface area contributed by atoms with Crippen molar-refractivity contribution in [1.29, 1.82) is 0 Å². The van der Waals surface area contributed by atoms with E-state index in [1.807, 2.05) is 25.1 Å². The normalized spacial score (nSPS) is 20.0. The molecule has 0 aliphatic carbocycles. The highest BCUT2D eigenvalue weighted by Gasteiger charge is 2.35. The molecule has 0 saturated carbocycles. The second-order valence-corrected chi connectivity index (χ2v) is 6.61. The van der Waals surface area contributed by atoms with Gasteiger partial charge in [-0.2, -0.15) is 0 Å². The Bertz CT molecular complexity index is 757. The summed E-state index contributed by atoms with van der Waals surface area (Å²) in [6.45, 7) is 3.62. The zero-order chi connectivity index (χ0) is 17.1. The summed E-state index contributed by atoms with van der Waals surface area (Å²) in [7, 11) is 0. The first-order chi connectivity index (χ1) is 11.5. The third kappa shape index (κ3) is 3.79. The summed E-state index contributed by atoms with van der Waals surface area (Å²) in [5, 5.41) is 3.84. The fourth-order valence-corrected chi connectivity index (χ4v) is 3.32. The summed E-state index contributed by atoms with van der Waals surface area (Å²) in [5.41, 5.74) is 1.23. The lowest BCUT2D eigenvalue weighted by atomic mass is 10.2. The van der Waals surface area contributed by atoms with Crippen LogP contribution in [0.5, 0.6) is 0 Å². The Morgan fingerprint density at radius 2 is 2.21 bits per heavy atom. The van der Waals surface area contributed by atoms with Crippen molar-refractivity contribution in [2.24, 2.45) is 0 Å². The molecule has 7 heteroatoms. The average molecular weight is 347 g/mol. The van der Waals surface area contributed by atoms with E-state index in [1.165, 1.54) is 11.8 Å². The molecule has 0 bridgehead atoms. The molecule has 2 atom stereocenters. The number of nitrogens with zero attached hydrogens (tertiary/aromatic N) is 1. The zero-order valence-corrected chi connectivity index (χ0v) is 14.2. The SMILES string of the molecule is Cc1cc(CSc2ccccc2C(=O)OC2CC(C)OC2=O)on1. The van der Waals surface area contributed by atoms with Gasteiger partial charge in [-0.25, -0.2) is 9.59 Å². The Morgan fingerprint density at radius 1 is 1.42 bits per heavy atom. The van der Waals surface area contributed by atoms with Crippen LogP contribution in [0.4, 0.5) is 0 Å². The van der Waals surface area contributed by atoms with Gasteiger partial charge >= 0.3 is 11.9 Å². The number of carbonyl (C=O) groups is 2. The highest BCUT2D eigenvalue weighted by Crippen LogP contribution is 2.28. The molecule has 1 saturated heterocycles. The summed E-state index contributed by atoms with van der Waals surface area (Å²) in [6, 6.07) is 8.97. The van der Waals surface area contributed by atoms with Gasteiger partial charge in [0.25, 0.3) is 0 Å². The van der Waals surface area contributed by atoms with E-state index in [0.717, 1.165) is 16.3 Å². The number of esters is 2. The highest BCUT2D eigenvalue weighted by atomic mass is 32.2. The third-order valence-electron chi connectivity index (χ3n) is 3.53. The molecular formula is C17H17NO5S. The highest BCUT2D eigenvalue weighted by molar-refractivity contribution is 7.98. The van der Waals surface area contributed by atoms with Gasteiger partial charge in [0.15, 0.2) is 0 Å². The Morgan fingerprint density at radius 3 is 2.88 bits per heavy atom. The van der Waals surface area contributed by atoms with E-state index < -0.39 is 18.0 Å². The second kappa shape index (κ2) is 7.09. The minimum Gasteiger partial charge on any atom is -0.460 e. The largest absolute Gasteiger partial charge is 0.460 e. The van der Waals surface area contributed by atoms with Crippen molar-refractivity contribution in [3.8, 4) is 0 Å². The maximum Gasteiger partial charge on any atom is 0.347 e. The molecule has 2 unspecified atom stereocenters. The molecule has 1 aromatic carbocycles. The predicted octanol–water partition coefficient (Wildman–Crippen LogP) is 3.14. The molecule has 0 amide bonds. The van der Waals surface area contributed by atoms with Crippen LogP contribution in [0.2, 0.25) is 0 Å². The van der Waals surface area contributed by atoms with Crippen LogP contribution in [0.3, 0.4) is 0 Å². The van der Waals surface area contributed by atoms with Gasteiger partial charge in [-0.05, 0) is 26.0 Å². The van der Waals surface area contributed by atoms with Crippen LogP contribution in [-0.2, 0) is 20.0 Å². The second-order valence-electron chi connectivity index (χ2n) is 5.60. The molecule has 2 heterocycles. The van der Waals surface area contributed by atoms with E-state index in [-0.39, 0.29) is 6.10 Å². The van der Waals surface area contributed by atoms with E-state index in [9.17, 15) is 9.59 Å². The van der Waals surface area contributed by atoms with Gasteiger partial charge in [-0.3, -0.25) is 0 Å².